The highest BCUT2D eigenvalue weighted by Crippen LogP contribution is 2.31. The van der Waals surface area contributed by atoms with Crippen LogP contribution in [0.2, 0.25) is 0 Å². The standard InChI is InChI=1S/C15H21N3O/c1-5-6-18-15(14(16)12(4)17-18)19-13-8-10(2)7-11(3)9-13/h7-9H,5-6,16H2,1-4H3. The van der Waals surface area contributed by atoms with Gasteiger partial charge in [0.2, 0.25) is 5.88 Å². The predicted molar refractivity (Wildman–Crippen MR) is 77.7 cm³/mol. The van der Waals surface area contributed by atoms with Crippen molar-refractivity contribution >= 4 is 5.69 Å². The molecule has 0 fully saturated rings. The van der Waals surface area contributed by atoms with Gasteiger partial charge < -0.3 is 10.5 Å². The van der Waals surface area contributed by atoms with E-state index in [1.165, 1.54) is 11.1 Å². The van der Waals surface area contributed by atoms with E-state index in [1.807, 2.05) is 23.7 Å². The summed E-state index contributed by atoms with van der Waals surface area (Å²) in [6, 6.07) is 6.13. The molecule has 0 radical (unpaired) electrons. The van der Waals surface area contributed by atoms with Crippen molar-refractivity contribution in [3.8, 4) is 11.6 Å². The number of hydrogen-bond donors (Lipinski definition) is 1. The monoisotopic (exact) mass is 259 g/mol. The Balaban J connectivity index is 2.36. The highest BCUT2D eigenvalue weighted by atomic mass is 16.5. The second kappa shape index (κ2) is 5.34. The highest BCUT2D eigenvalue weighted by Gasteiger charge is 2.14. The third kappa shape index (κ3) is 2.89. The van der Waals surface area contributed by atoms with Gasteiger partial charge in [-0.25, -0.2) is 4.68 Å². The molecule has 19 heavy (non-hydrogen) atoms. The van der Waals surface area contributed by atoms with Crippen molar-refractivity contribution in [3.05, 3.63) is 35.0 Å². The summed E-state index contributed by atoms with van der Waals surface area (Å²) in [5.74, 6) is 1.45. The fraction of sp³-hybridized carbons (Fsp3) is 0.400. The number of nitrogens with two attached hydrogens (primary N) is 1. The van der Waals surface area contributed by atoms with Crippen molar-refractivity contribution in [1.29, 1.82) is 0 Å². The number of benzene rings is 1. The van der Waals surface area contributed by atoms with Gasteiger partial charge in [-0.3, -0.25) is 0 Å². The van der Waals surface area contributed by atoms with Gasteiger partial charge in [-0.2, -0.15) is 5.10 Å². The van der Waals surface area contributed by atoms with Crippen LogP contribution in [0.5, 0.6) is 11.6 Å². The van der Waals surface area contributed by atoms with Crippen LogP contribution in [0.25, 0.3) is 0 Å². The molecule has 1 heterocycles. The smallest absolute Gasteiger partial charge is 0.241 e. The van der Waals surface area contributed by atoms with Crippen LogP contribution >= 0.6 is 0 Å². The molecule has 2 rings (SSSR count). The molecule has 102 valence electrons. The molecule has 4 heteroatoms. The third-order valence-corrected chi connectivity index (χ3v) is 2.97. The summed E-state index contributed by atoms with van der Waals surface area (Å²) < 4.78 is 7.79. The van der Waals surface area contributed by atoms with Gasteiger partial charge in [0, 0.05) is 6.54 Å². The molecule has 0 saturated carbocycles. The fourth-order valence-electron chi connectivity index (χ4n) is 2.15. The minimum atomic E-state index is 0.618. The Kier molecular flexibility index (Phi) is 3.79. The number of anilines is 1. The summed E-state index contributed by atoms with van der Waals surface area (Å²) in [6.07, 6.45) is 0.990. The average Bonchev–Trinajstić information content (AvgIpc) is 2.56. The zero-order valence-corrected chi connectivity index (χ0v) is 12.0. The van der Waals surface area contributed by atoms with Crippen LogP contribution in [0, 0.1) is 20.8 Å². The quantitative estimate of drug-likeness (QED) is 0.912. The fourth-order valence-corrected chi connectivity index (χ4v) is 2.15. The first-order valence-electron chi connectivity index (χ1n) is 6.60. The Morgan fingerprint density at radius 3 is 2.37 bits per heavy atom. The molecule has 0 atom stereocenters. The maximum atomic E-state index is 6.05. The van der Waals surface area contributed by atoms with Crippen LogP contribution in [0.1, 0.15) is 30.2 Å². The van der Waals surface area contributed by atoms with Crippen molar-refractivity contribution < 1.29 is 4.74 Å². The number of rotatable bonds is 4. The Hall–Kier alpha value is -1.97. The Bertz CT molecular complexity index is 567. The minimum absolute atomic E-state index is 0.618. The van der Waals surface area contributed by atoms with E-state index in [4.69, 9.17) is 10.5 Å². The zero-order chi connectivity index (χ0) is 14.0. The molecule has 0 amide bonds. The molecular formula is C15H21N3O. The molecule has 0 aliphatic heterocycles. The number of nitrogen functional groups attached to an aromatic ring is 1. The lowest BCUT2D eigenvalue weighted by Gasteiger charge is -2.10. The minimum Gasteiger partial charge on any atom is -0.437 e. The number of hydrogen-bond acceptors (Lipinski definition) is 3. The number of aromatic nitrogens is 2. The van der Waals surface area contributed by atoms with E-state index >= 15 is 0 Å². The van der Waals surface area contributed by atoms with Gasteiger partial charge in [0.15, 0.2) is 0 Å². The number of nitrogens with zero attached hydrogens (tertiary/aromatic N) is 2. The van der Waals surface area contributed by atoms with Crippen molar-refractivity contribution in [3.63, 3.8) is 0 Å². The zero-order valence-electron chi connectivity index (χ0n) is 12.0. The summed E-state index contributed by atoms with van der Waals surface area (Å²) in [6.45, 7) is 8.91. The van der Waals surface area contributed by atoms with Gasteiger partial charge in [-0.15, -0.1) is 0 Å². The van der Waals surface area contributed by atoms with Crippen LogP contribution in [0.4, 0.5) is 5.69 Å². The second-order valence-corrected chi connectivity index (χ2v) is 4.95. The Morgan fingerprint density at radius 1 is 1.16 bits per heavy atom. The van der Waals surface area contributed by atoms with Crippen molar-refractivity contribution in [2.45, 2.75) is 40.7 Å². The molecule has 4 nitrogen and oxygen atoms in total. The lowest BCUT2D eigenvalue weighted by molar-refractivity contribution is 0.410. The molecule has 1 aromatic heterocycles. The molecule has 0 aliphatic carbocycles. The maximum absolute atomic E-state index is 6.05. The molecule has 1 aromatic carbocycles. The van der Waals surface area contributed by atoms with E-state index in [1.54, 1.807) is 0 Å². The van der Waals surface area contributed by atoms with Gasteiger partial charge >= 0.3 is 0 Å². The molecule has 0 spiro atoms. The van der Waals surface area contributed by atoms with Crippen molar-refractivity contribution in [1.82, 2.24) is 9.78 Å². The van der Waals surface area contributed by atoms with E-state index in [0.29, 0.717) is 11.6 Å². The van der Waals surface area contributed by atoms with Gasteiger partial charge in [0.1, 0.15) is 11.4 Å². The first-order chi connectivity index (χ1) is 9.01. The molecule has 2 N–H and O–H groups in total. The highest BCUT2D eigenvalue weighted by molar-refractivity contribution is 5.54. The lowest BCUT2D eigenvalue weighted by Crippen LogP contribution is -2.02. The van der Waals surface area contributed by atoms with Gasteiger partial charge in [0.05, 0.1) is 5.69 Å². The largest absolute Gasteiger partial charge is 0.437 e. The summed E-state index contributed by atoms with van der Waals surface area (Å²) in [5.41, 5.74) is 9.83. The summed E-state index contributed by atoms with van der Waals surface area (Å²) >= 11 is 0. The lowest BCUT2D eigenvalue weighted by atomic mass is 10.1. The van der Waals surface area contributed by atoms with Gasteiger partial charge in [-0.1, -0.05) is 13.0 Å². The normalized spacial score (nSPS) is 10.7. The van der Waals surface area contributed by atoms with Crippen LogP contribution < -0.4 is 10.5 Å². The van der Waals surface area contributed by atoms with E-state index < -0.39 is 0 Å². The molecule has 2 aromatic rings. The second-order valence-electron chi connectivity index (χ2n) is 4.95. The van der Waals surface area contributed by atoms with E-state index in [0.717, 1.165) is 24.4 Å². The van der Waals surface area contributed by atoms with Crippen LogP contribution in [0.15, 0.2) is 18.2 Å². The van der Waals surface area contributed by atoms with E-state index in [2.05, 4.69) is 31.9 Å². The molecule has 0 aliphatic rings. The molecular weight excluding hydrogens is 238 g/mol. The first kappa shape index (κ1) is 13.5. The average molecular weight is 259 g/mol. The Morgan fingerprint density at radius 2 is 1.79 bits per heavy atom. The summed E-state index contributed by atoms with van der Waals surface area (Å²) in [7, 11) is 0. The Labute approximate surface area is 114 Å². The molecule has 0 saturated heterocycles. The predicted octanol–water partition coefficient (Wildman–Crippen LogP) is 3.59. The summed E-state index contributed by atoms with van der Waals surface area (Å²) in [5, 5.41) is 4.41. The van der Waals surface area contributed by atoms with Crippen molar-refractivity contribution in [2.75, 3.05) is 5.73 Å². The maximum Gasteiger partial charge on any atom is 0.241 e. The first-order valence-corrected chi connectivity index (χ1v) is 6.60. The third-order valence-electron chi connectivity index (χ3n) is 2.97. The van der Waals surface area contributed by atoms with Gasteiger partial charge in [-0.05, 0) is 50.5 Å². The SMILES string of the molecule is CCCn1nc(C)c(N)c1Oc1cc(C)cc(C)c1. The van der Waals surface area contributed by atoms with Crippen LogP contribution in [-0.4, -0.2) is 9.78 Å². The van der Waals surface area contributed by atoms with E-state index in [-0.39, 0.29) is 0 Å². The van der Waals surface area contributed by atoms with Crippen molar-refractivity contribution in [2.24, 2.45) is 0 Å². The number of ether oxygens (including phenoxy) is 1. The topological polar surface area (TPSA) is 53.1 Å². The van der Waals surface area contributed by atoms with Gasteiger partial charge in [0.25, 0.3) is 0 Å². The molecule has 0 bridgehead atoms. The number of aryl methyl sites for hydroxylation is 4. The van der Waals surface area contributed by atoms with Crippen LogP contribution in [0.3, 0.4) is 0 Å². The molecule has 0 unspecified atom stereocenters. The summed E-state index contributed by atoms with van der Waals surface area (Å²) in [4.78, 5) is 0. The van der Waals surface area contributed by atoms with Crippen LogP contribution in [-0.2, 0) is 6.54 Å². The van der Waals surface area contributed by atoms with E-state index in [9.17, 15) is 0 Å².